The first-order chi connectivity index (χ1) is 12.2. The van der Waals surface area contributed by atoms with Crippen molar-refractivity contribution in [3.8, 4) is 0 Å². The molecule has 156 valence electrons. The van der Waals surface area contributed by atoms with Gasteiger partial charge in [-0.3, -0.25) is 5.43 Å². The van der Waals surface area contributed by atoms with Gasteiger partial charge in [-0.15, -0.1) is 0 Å². The summed E-state index contributed by atoms with van der Waals surface area (Å²) in [5, 5.41) is 8.65. The molecule has 1 saturated carbocycles. The van der Waals surface area contributed by atoms with E-state index in [0.29, 0.717) is 12.1 Å². The van der Waals surface area contributed by atoms with Gasteiger partial charge in [-0.1, -0.05) is 44.0 Å². The number of hydrogen-bond donors (Lipinski definition) is 4. The van der Waals surface area contributed by atoms with Crippen LogP contribution in [-0.4, -0.2) is 17.2 Å². The average Bonchev–Trinajstić information content (AvgIpc) is 2.59. The maximum Gasteiger partial charge on any atom is 0.357 e. The van der Waals surface area contributed by atoms with Crippen LogP contribution in [0.5, 0.6) is 0 Å². The zero-order valence-electron chi connectivity index (χ0n) is 14.2. The first-order valence-electron chi connectivity index (χ1n) is 7.90. The largest absolute Gasteiger partial charge is 0.476 e. The molecule has 1 aromatic rings. The minimum Gasteiger partial charge on any atom is -0.476 e. The number of benzene rings is 1. The Morgan fingerprint density at radius 3 is 1.96 bits per heavy atom. The molecule has 1 aliphatic carbocycles. The van der Waals surface area contributed by atoms with Crippen LogP contribution in [0.4, 0.5) is 19.4 Å². The van der Waals surface area contributed by atoms with E-state index in [1.807, 2.05) is 0 Å². The van der Waals surface area contributed by atoms with Gasteiger partial charge in [0.15, 0.2) is 5.70 Å². The molecular formula is C15H22F5N3O3S. The summed E-state index contributed by atoms with van der Waals surface area (Å²) in [4.78, 5) is 8.73. The molecular weight excluding hydrogens is 397 g/mol. The number of nitrogens with one attached hydrogen (secondary N) is 1. The van der Waals surface area contributed by atoms with E-state index < -0.39 is 21.1 Å². The normalized spacial score (nSPS) is 18.7. The predicted molar refractivity (Wildman–Crippen MR) is 92.0 cm³/mol. The topological polar surface area (TPSA) is 111 Å². The molecule has 27 heavy (non-hydrogen) atoms. The first-order valence-corrected chi connectivity index (χ1v) is 9.85. The molecule has 1 fully saturated rings. The zero-order chi connectivity index (χ0) is 20.8. The van der Waals surface area contributed by atoms with Crippen molar-refractivity contribution >= 4 is 16.2 Å². The summed E-state index contributed by atoms with van der Waals surface area (Å²) in [7, 11) is -9.43. The third-order valence-corrected chi connectivity index (χ3v) is 4.79. The van der Waals surface area contributed by atoms with Crippen LogP contribution in [0.1, 0.15) is 32.1 Å². The minimum absolute atomic E-state index is 0.0164. The van der Waals surface area contributed by atoms with Crippen LogP contribution in [0, 0.1) is 0 Å². The van der Waals surface area contributed by atoms with E-state index in [-0.39, 0.29) is 17.7 Å². The van der Waals surface area contributed by atoms with Crippen LogP contribution in [0.3, 0.4) is 0 Å². The number of carbonyl (C=O) groups is 1. The molecule has 0 saturated heterocycles. The van der Waals surface area contributed by atoms with Crippen molar-refractivity contribution in [1.29, 1.82) is 0 Å². The van der Waals surface area contributed by atoms with Gasteiger partial charge in [-0.05, 0) is 37.8 Å². The second-order valence-corrected chi connectivity index (χ2v) is 8.26. The fourth-order valence-electron chi connectivity index (χ4n) is 2.30. The molecule has 0 unspecified atom stereocenters. The van der Waals surface area contributed by atoms with Crippen LogP contribution >= 0.6 is 10.2 Å². The van der Waals surface area contributed by atoms with E-state index in [4.69, 9.17) is 21.4 Å². The van der Waals surface area contributed by atoms with Gasteiger partial charge in [-0.25, -0.2) is 10.6 Å². The number of carboxylic acid groups (broad SMARTS) is 1. The maximum absolute atomic E-state index is 11.9. The third-order valence-electron chi connectivity index (χ3n) is 3.63. The number of ether oxygens (including phenoxy) is 1. The van der Waals surface area contributed by atoms with Crippen molar-refractivity contribution in [2.75, 3.05) is 0 Å². The molecule has 6 N–H and O–H groups in total. The second-order valence-electron chi connectivity index (χ2n) is 5.85. The lowest BCUT2D eigenvalue weighted by Crippen LogP contribution is -2.32. The number of hydrazine groups is 1. The summed E-state index contributed by atoms with van der Waals surface area (Å²) in [6.07, 6.45) is 5.23. The predicted octanol–water partition coefficient (Wildman–Crippen LogP) is 4.36. The van der Waals surface area contributed by atoms with Gasteiger partial charge >= 0.3 is 16.2 Å². The number of aliphatic carboxylic acids is 1. The minimum atomic E-state index is -9.43. The van der Waals surface area contributed by atoms with Gasteiger partial charge in [0.2, 0.25) is 5.88 Å². The lowest BCUT2D eigenvalue weighted by molar-refractivity contribution is -0.133. The molecule has 0 aromatic heterocycles. The highest BCUT2D eigenvalue weighted by Gasteiger charge is 2.65. The SMILES string of the molecule is FS(F)(F)(F)(F)c1ccccc1.NN/C(OC1CCCCC1)=C(\N)C(=O)O. The van der Waals surface area contributed by atoms with Crippen molar-refractivity contribution in [3.05, 3.63) is 41.9 Å². The Bertz CT molecular complexity index is 677. The Morgan fingerprint density at radius 1 is 1.07 bits per heavy atom. The fourth-order valence-corrected chi connectivity index (χ4v) is 2.97. The van der Waals surface area contributed by atoms with Crippen molar-refractivity contribution in [3.63, 3.8) is 0 Å². The Hall–Kier alpha value is -2.21. The maximum atomic E-state index is 11.9. The molecule has 1 aliphatic rings. The average molecular weight is 419 g/mol. The van der Waals surface area contributed by atoms with E-state index in [1.54, 1.807) is 0 Å². The van der Waals surface area contributed by atoms with Crippen LogP contribution in [0.2, 0.25) is 0 Å². The summed E-state index contributed by atoms with van der Waals surface area (Å²) in [6, 6.07) is 3.82. The first kappa shape index (κ1) is 22.8. The molecule has 0 spiro atoms. The monoisotopic (exact) mass is 419 g/mol. The quantitative estimate of drug-likeness (QED) is 0.186. The molecule has 0 atom stereocenters. The highest BCUT2D eigenvalue weighted by atomic mass is 32.5. The van der Waals surface area contributed by atoms with E-state index in [1.165, 1.54) is 12.5 Å². The highest BCUT2D eigenvalue weighted by Crippen LogP contribution is 3.02. The molecule has 2 rings (SSSR count). The Labute approximate surface area is 153 Å². The lowest BCUT2D eigenvalue weighted by atomic mass is 9.98. The lowest BCUT2D eigenvalue weighted by Gasteiger charge is -2.40. The molecule has 0 heterocycles. The number of halogens is 5. The van der Waals surface area contributed by atoms with E-state index >= 15 is 0 Å². The second kappa shape index (κ2) is 7.80. The van der Waals surface area contributed by atoms with Gasteiger partial charge in [0.25, 0.3) is 0 Å². The molecule has 0 amide bonds. The molecule has 1 aromatic carbocycles. The summed E-state index contributed by atoms with van der Waals surface area (Å²) in [5.74, 6) is 3.87. The number of carboxylic acids is 1. The van der Waals surface area contributed by atoms with E-state index in [2.05, 4.69) is 5.43 Å². The van der Waals surface area contributed by atoms with Crippen LogP contribution in [-0.2, 0) is 9.53 Å². The fraction of sp³-hybridized carbons (Fsp3) is 0.400. The highest BCUT2D eigenvalue weighted by molar-refractivity contribution is 8.45. The summed E-state index contributed by atoms with van der Waals surface area (Å²) < 4.78 is 65.1. The standard InChI is InChI=1S/C9H17N3O3.C6H5F5S/c10-7(9(13)14)8(12-11)15-6-4-2-1-3-5-6;7-12(8,9,10,11)6-4-2-1-3-5-6/h6,12H,1-5,10-11H2,(H,13,14);1-5H/b8-7+;. The van der Waals surface area contributed by atoms with Crippen molar-refractivity contribution in [2.24, 2.45) is 11.6 Å². The molecule has 6 nitrogen and oxygen atoms in total. The van der Waals surface area contributed by atoms with Crippen LogP contribution in [0.25, 0.3) is 0 Å². The van der Waals surface area contributed by atoms with Crippen LogP contribution in [0.15, 0.2) is 46.8 Å². The molecule has 0 bridgehead atoms. The van der Waals surface area contributed by atoms with Crippen LogP contribution < -0.4 is 17.0 Å². The Kier molecular flexibility index (Phi) is 6.60. The number of rotatable bonds is 5. The Morgan fingerprint density at radius 2 is 1.59 bits per heavy atom. The summed E-state index contributed by atoms with van der Waals surface area (Å²) in [6.45, 7) is 0. The van der Waals surface area contributed by atoms with Gasteiger partial charge < -0.3 is 15.6 Å². The van der Waals surface area contributed by atoms with E-state index in [0.717, 1.165) is 37.8 Å². The molecule has 0 aliphatic heterocycles. The Balaban J connectivity index is 0.000000277. The smallest absolute Gasteiger partial charge is 0.357 e. The van der Waals surface area contributed by atoms with Gasteiger partial charge in [0, 0.05) is 0 Å². The third kappa shape index (κ3) is 7.91. The number of nitrogens with two attached hydrogens (primary N) is 2. The summed E-state index contributed by atoms with van der Waals surface area (Å²) in [5.41, 5.74) is 7.10. The van der Waals surface area contributed by atoms with Gasteiger partial charge in [-0.2, -0.15) is 0 Å². The van der Waals surface area contributed by atoms with Crippen molar-refractivity contribution in [1.82, 2.24) is 5.43 Å². The van der Waals surface area contributed by atoms with Crippen molar-refractivity contribution < 1.29 is 34.1 Å². The summed E-state index contributed by atoms with van der Waals surface area (Å²) >= 11 is 0. The molecule has 0 radical (unpaired) electrons. The van der Waals surface area contributed by atoms with Gasteiger partial charge in [0.05, 0.1) is 0 Å². The van der Waals surface area contributed by atoms with Gasteiger partial charge in [0.1, 0.15) is 11.0 Å². The van der Waals surface area contributed by atoms with E-state index in [9.17, 15) is 24.2 Å². The zero-order valence-corrected chi connectivity index (χ0v) is 15.0. The number of hydrogen-bond acceptors (Lipinski definition) is 5. The molecule has 12 heteroatoms. The van der Waals surface area contributed by atoms with Crippen molar-refractivity contribution in [2.45, 2.75) is 43.1 Å².